The Hall–Kier alpha value is -3.47. The third-order valence-electron chi connectivity index (χ3n) is 5.01. The minimum Gasteiger partial charge on any atom is -0.493 e. The molecule has 0 radical (unpaired) electrons. The van der Waals surface area contributed by atoms with Crippen LogP contribution >= 0.6 is 23.4 Å². The van der Waals surface area contributed by atoms with Crippen molar-refractivity contribution in [3.05, 3.63) is 88.3 Å². The summed E-state index contributed by atoms with van der Waals surface area (Å²) >= 11 is 6.60. The van der Waals surface area contributed by atoms with Crippen molar-refractivity contribution in [2.45, 2.75) is 4.90 Å². The fourth-order valence-corrected chi connectivity index (χ4v) is 5.23. The van der Waals surface area contributed by atoms with Gasteiger partial charge in [0, 0.05) is 10.6 Å². The van der Waals surface area contributed by atoms with Crippen molar-refractivity contribution < 1.29 is 31.7 Å². The van der Waals surface area contributed by atoms with E-state index in [4.69, 9.17) is 25.3 Å². The number of hydrogen-bond donors (Lipinski definition) is 0. The fraction of sp³-hybridized carbons (Fsp3) is 0.120. The monoisotopic (exact) mass is 545 g/mol. The third-order valence-corrected chi connectivity index (χ3v) is 7.41. The molecule has 3 aromatic carbocycles. The van der Waals surface area contributed by atoms with Crippen molar-refractivity contribution in [2.24, 2.45) is 0 Å². The molecule has 1 saturated heterocycles. The van der Waals surface area contributed by atoms with Gasteiger partial charge in [-0.25, -0.2) is 0 Å². The first-order valence-corrected chi connectivity index (χ1v) is 13.2. The highest BCUT2D eigenvalue weighted by Gasteiger charge is 2.35. The molecule has 3 aromatic rings. The van der Waals surface area contributed by atoms with Gasteiger partial charge in [-0.15, -0.1) is 0 Å². The lowest BCUT2D eigenvalue weighted by atomic mass is 10.1. The molecule has 1 aliphatic rings. The number of benzene rings is 3. The Balaban J connectivity index is 1.54. The van der Waals surface area contributed by atoms with Gasteiger partial charge in [-0.3, -0.25) is 14.5 Å². The molecule has 186 valence electrons. The van der Waals surface area contributed by atoms with Gasteiger partial charge in [0.2, 0.25) is 0 Å². The number of thioether (sulfide) groups is 1. The van der Waals surface area contributed by atoms with Crippen LogP contribution in [0.25, 0.3) is 6.08 Å². The van der Waals surface area contributed by atoms with Gasteiger partial charge in [0.25, 0.3) is 11.1 Å². The van der Waals surface area contributed by atoms with Crippen LogP contribution in [0.5, 0.6) is 17.2 Å². The molecular weight excluding hydrogens is 526 g/mol. The Morgan fingerprint density at radius 3 is 2.39 bits per heavy atom. The fourth-order valence-electron chi connectivity index (χ4n) is 3.26. The van der Waals surface area contributed by atoms with E-state index in [1.807, 2.05) is 0 Å². The predicted octanol–water partition coefficient (Wildman–Crippen LogP) is 5.23. The maximum atomic E-state index is 12.9. The van der Waals surface area contributed by atoms with Crippen LogP contribution in [0.1, 0.15) is 5.56 Å². The summed E-state index contributed by atoms with van der Waals surface area (Å²) in [7, 11) is -2.81. The van der Waals surface area contributed by atoms with Crippen molar-refractivity contribution in [1.82, 2.24) is 4.90 Å². The van der Waals surface area contributed by atoms with Gasteiger partial charge in [0.15, 0.2) is 11.5 Å². The van der Waals surface area contributed by atoms with Crippen LogP contribution in [-0.2, 0) is 14.9 Å². The SMILES string of the molecule is COc1cccc(/C=C2\SC(=O)N(CCOc3ccc(Cl)cc3)C2=O)c1OS(=O)(=O)c1ccccc1. The highest BCUT2D eigenvalue weighted by molar-refractivity contribution is 8.18. The maximum absolute atomic E-state index is 12.9. The highest BCUT2D eigenvalue weighted by atomic mass is 35.5. The zero-order chi connectivity index (χ0) is 25.7. The summed E-state index contributed by atoms with van der Waals surface area (Å²) in [4.78, 5) is 26.6. The van der Waals surface area contributed by atoms with Crippen LogP contribution in [0.15, 0.2) is 82.6 Å². The second kappa shape index (κ2) is 11.1. The van der Waals surface area contributed by atoms with E-state index in [2.05, 4.69) is 0 Å². The zero-order valence-corrected chi connectivity index (χ0v) is 21.3. The van der Waals surface area contributed by atoms with E-state index in [0.717, 1.165) is 16.7 Å². The zero-order valence-electron chi connectivity index (χ0n) is 18.9. The molecule has 1 heterocycles. The largest absolute Gasteiger partial charge is 0.493 e. The Bertz CT molecular complexity index is 1410. The van der Waals surface area contributed by atoms with Gasteiger partial charge in [0.1, 0.15) is 17.3 Å². The van der Waals surface area contributed by atoms with E-state index in [1.165, 1.54) is 31.4 Å². The second-order valence-corrected chi connectivity index (χ2v) is 10.3. The van der Waals surface area contributed by atoms with Crippen molar-refractivity contribution in [3.63, 3.8) is 0 Å². The molecule has 36 heavy (non-hydrogen) atoms. The number of carbonyl (C=O) groups is 2. The van der Waals surface area contributed by atoms with Gasteiger partial charge in [-0.05, 0) is 60.3 Å². The average Bonchev–Trinajstić information content (AvgIpc) is 3.14. The van der Waals surface area contributed by atoms with E-state index in [-0.39, 0.29) is 40.0 Å². The van der Waals surface area contributed by atoms with Gasteiger partial charge in [-0.2, -0.15) is 8.42 Å². The van der Waals surface area contributed by atoms with E-state index in [1.54, 1.807) is 54.6 Å². The number of nitrogens with zero attached hydrogens (tertiary/aromatic N) is 1. The van der Waals surface area contributed by atoms with Crippen LogP contribution in [0.2, 0.25) is 5.02 Å². The molecule has 0 unspecified atom stereocenters. The molecule has 0 spiro atoms. The first kappa shape index (κ1) is 25.6. The number of carbonyl (C=O) groups excluding carboxylic acids is 2. The molecule has 8 nitrogen and oxygen atoms in total. The summed E-state index contributed by atoms with van der Waals surface area (Å²) in [5, 5.41) is 0.101. The van der Waals surface area contributed by atoms with E-state index < -0.39 is 21.3 Å². The number of imide groups is 1. The Kier molecular flexibility index (Phi) is 7.88. The number of rotatable bonds is 9. The predicted molar refractivity (Wildman–Crippen MR) is 137 cm³/mol. The molecule has 0 aromatic heterocycles. The lowest BCUT2D eigenvalue weighted by Gasteiger charge is -2.14. The molecule has 0 atom stereocenters. The maximum Gasteiger partial charge on any atom is 0.339 e. The van der Waals surface area contributed by atoms with Crippen LogP contribution in [0.3, 0.4) is 0 Å². The molecule has 2 amide bonds. The molecule has 4 rings (SSSR count). The molecule has 1 aliphatic heterocycles. The van der Waals surface area contributed by atoms with Gasteiger partial charge < -0.3 is 13.7 Å². The lowest BCUT2D eigenvalue weighted by Crippen LogP contribution is -2.32. The van der Waals surface area contributed by atoms with Gasteiger partial charge in [-0.1, -0.05) is 41.9 Å². The Morgan fingerprint density at radius 2 is 1.69 bits per heavy atom. The number of halogens is 1. The summed E-state index contributed by atoms with van der Waals surface area (Å²) in [5.41, 5.74) is 0.261. The topological polar surface area (TPSA) is 99.2 Å². The minimum atomic E-state index is -4.18. The third kappa shape index (κ3) is 5.84. The summed E-state index contributed by atoms with van der Waals surface area (Å²) in [5.74, 6) is 0.0877. The number of para-hydroxylation sites is 1. The van der Waals surface area contributed by atoms with Crippen LogP contribution < -0.4 is 13.7 Å². The minimum absolute atomic E-state index is 0.0362. The van der Waals surface area contributed by atoms with E-state index in [9.17, 15) is 18.0 Å². The standard InChI is InChI=1S/C25H20ClNO7S2/c1-32-21-9-5-6-17(23(21)34-36(30,31)20-7-3-2-4-8-20)16-22-24(28)27(25(29)35-22)14-15-33-19-12-10-18(26)11-13-19/h2-13,16H,14-15H2,1H3/b22-16-. The first-order chi connectivity index (χ1) is 17.3. The first-order valence-electron chi connectivity index (χ1n) is 10.6. The Morgan fingerprint density at radius 1 is 0.972 bits per heavy atom. The quantitative estimate of drug-likeness (QED) is 0.266. The summed E-state index contributed by atoms with van der Waals surface area (Å²) < 4.78 is 41.9. The van der Waals surface area contributed by atoms with Crippen molar-refractivity contribution >= 4 is 50.7 Å². The highest BCUT2D eigenvalue weighted by Crippen LogP contribution is 2.38. The number of methoxy groups -OCH3 is 1. The average molecular weight is 546 g/mol. The van der Waals surface area contributed by atoms with Gasteiger partial charge in [0.05, 0.1) is 18.6 Å². The second-order valence-electron chi connectivity index (χ2n) is 7.36. The van der Waals surface area contributed by atoms with Crippen molar-refractivity contribution in [1.29, 1.82) is 0 Å². The lowest BCUT2D eigenvalue weighted by molar-refractivity contribution is -0.123. The molecule has 0 aliphatic carbocycles. The molecule has 0 N–H and O–H groups in total. The van der Waals surface area contributed by atoms with Gasteiger partial charge >= 0.3 is 10.1 Å². The molecule has 11 heteroatoms. The van der Waals surface area contributed by atoms with Crippen LogP contribution in [0.4, 0.5) is 4.79 Å². The number of amides is 2. The number of hydrogen-bond acceptors (Lipinski definition) is 8. The summed E-state index contributed by atoms with van der Waals surface area (Å²) in [6, 6.07) is 19.1. The van der Waals surface area contributed by atoms with Crippen LogP contribution in [0, 0.1) is 0 Å². The van der Waals surface area contributed by atoms with E-state index >= 15 is 0 Å². The summed E-state index contributed by atoms with van der Waals surface area (Å²) in [6.45, 7) is 0.129. The molecule has 1 fully saturated rings. The number of ether oxygens (including phenoxy) is 2. The molecular formula is C25H20ClNO7S2. The molecule has 0 saturated carbocycles. The van der Waals surface area contributed by atoms with E-state index in [0.29, 0.717) is 10.8 Å². The smallest absolute Gasteiger partial charge is 0.339 e. The van der Waals surface area contributed by atoms with Crippen LogP contribution in [-0.4, -0.2) is 44.7 Å². The normalized spacial score (nSPS) is 14.8. The summed E-state index contributed by atoms with van der Waals surface area (Å²) in [6.07, 6.45) is 1.41. The van der Waals surface area contributed by atoms with Crippen molar-refractivity contribution in [2.75, 3.05) is 20.3 Å². The molecule has 0 bridgehead atoms. The Labute approximate surface area is 217 Å². The van der Waals surface area contributed by atoms with Crippen molar-refractivity contribution in [3.8, 4) is 17.2 Å².